The Morgan fingerprint density at radius 3 is 2.69 bits per heavy atom. The number of carbonyl (C=O) groups excluding carboxylic acids is 1. The first kappa shape index (κ1) is 15.9. The molecule has 1 fully saturated rings. The van der Waals surface area contributed by atoms with Crippen molar-refractivity contribution in [2.75, 3.05) is 25.4 Å². The van der Waals surface area contributed by atoms with E-state index in [1.807, 2.05) is 6.92 Å². The van der Waals surface area contributed by atoms with Gasteiger partial charge in [-0.2, -0.15) is 13.2 Å². The third-order valence-corrected chi connectivity index (χ3v) is 2.90. The summed E-state index contributed by atoms with van der Waals surface area (Å²) in [6.07, 6.45) is 0. The molecule has 0 bridgehead atoms. The van der Waals surface area contributed by atoms with E-state index >= 15 is 0 Å². The van der Waals surface area contributed by atoms with E-state index in [1.54, 1.807) is 0 Å². The Kier molecular flexibility index (Phi) is 6.50. The van der Waals surface area contributed by atoms with Crippen molar-refractivity contribution in [1.29, 1.82) is 0 Å². The molecule has 1 aliphatic heterocycles. The predicted molar refractivity (Wildman–Crippen MR) is 59.8 cm³/mol. The highest BCUT2D eigenvalue weighted by Crippen LogP contribution is 2.30. The molecular weight excluding hydrogens is 265 g/mol. The summed E-state index contributed by atoms with van der Waals surface area (Å²) < 4.78 is 35.6. The molecule has 16 heavy (non-hydrogen) atoms. The average molecular weight is 279 g/mol. The zero-order valence-corrected chi connectivity index (χ0v) is 10.3. The second kappa shape index (κ2) is 6.56. The van der Waals surface area contributed by atoms with Crippen LogP contribution in [0.5, 0.6) is 0 Å². The number of hydrogen-bond donors (Lipinski definition) is 1. The van der Waals surface area contributed by atoms with Crippen LogP contribution in [0.4, 0.5) is 13.2 Å². The van der Waals surface area contributed by atoms with E-state index in [4.69, 9.17) is 0 Å². The zero-order valence-electron chi connectivity index (χ0n) is 8.71. The van der Waals surface area contributed by atoms with Gasteiger partial charge in [0.25, 0.3) is 0 Å². The minimum Gasteiger partial charge on any atom is -0.337 e. The number of thioether (sulfide) groups is 1. The third kappa shape index (κ3) is 5.27. The summed E-state index contributed by atoms with van der Waals surface area (Å²) in [5.74, 6) is -0.959. The van der Waals surface area contributed by atoms with E-state index in [2.05, 4.69) is 5.32 Å². The first-order chi connectivity index (χ1) is 6.90. The van der Waals surface area contributed by atoms with Crippen LogP contribution in [0.1, 0.15) is 6.92 Å². The maximum atomic E-state index is 11.9. The number of halogens is 4. The van der Waals surface area contributed by atoms with Gasteiger partial charge in [-0.15, -0.1) is 12.4 Å². The highest BCUT2D eigenvalue weighted by Gasteiger charge is 2.31. The van der Waals surface area contributed by atoms with Crippen LogP contribution < -0.4 is 5.32 Å². The van der Waals surface area contributed by atoms with Crippen molar-refractivity contribution in [3.05, 3.63) is 0 Å². The van der Waals surface area contributed by atoms with Gasteiger partial charge in [-0.3, -0.25) is 4.79 Å². The quantitative estimate of drug-likeness (QED) is 0.830. The van der Waals surface area contributed by atoms with Crippen LogP contribution >= 0.6 is 24.2 Å². The van der Waals surface area contributed by atoms with E-state index in [1.165, 1.54) is 4.90 Å². The normalized spacial score (nSPS) is 21.5. The fourth-order valence-electron chi connectivity index (χ4n) is 1.44. The Hall–Kier alpha value is -0.140. The fourth-order valence-corrected chi connectivity index (χ4v) is 1.89. The summed E-state index contributed by atoms with van der Waals surface area (Å²) >= 11 is -0.274. The Labute approximate surface area is 103 Å². The molecule has 1 saturated heterocycles. The van der Waals surface area contributed by atoms with Crippen molar-refractivity contribution in [3.8, 4) is 0 Å². The van der Waals surface area contributed by atoms with E-state index in [0.29, 0.717) is 19.6 Å². The number of nitrogens with one attached hydrogen (secondary N) is 1. The van der Waals surface area contributed by atoms with E-state index < -0.39 is 17.2 Å². The second-order valence-electron chi connectivity index (χ2n) is 3.37. The minimum absolute atomic E-state index is 0. The van der Waals surface area contributed by atoms with Gasteiger partial charge in [0.1, 0.15) is 0 Å². The van der Waals surface area contributed by atoms with Gasteiger partial charge in [0.15, 0.2) is 0 Å². The van der Waals surface area contributed by atoms with Crippen molar-refractivity contribution >= 4 is 30.1 Å². The number of alkyl halides is 3. The first-order valence-corrected chi connectivity index (χ1v) is 5.59. The molecule has 1 heterocycles. The van der Waals surface area contributed by atoms with Crippen LogP contribution in [-0.2, 0) is 4.79 Å². The van der Waals surface area contributed by atoms with Gasteiger partial charge >= 0.3 is 5.51 Å². The highest BCUT2D eigenvalue weighted by molar-refractivity contribution is 8.00. The number of amides is 1. The highest BCUT2D eigenvalue weighted by atomic mass is 35.5. The van der Waals surface area contributed by atoms with Crippen molar-refractivity contribution in [3.63, 3.8) is 0 Å². The molecule has 1 rings (SSSR count). The lowest BCUT2D eigenvalue weighted by atomic mass is 10.2. The molecule has 0 spiro atoms. The Bertz CT molecular complexity index is 240. The van der Waals surface area contributed by atoms with Crippen LogP contribution in [0.15, 0.2) is 0 Å². The molecule has 0 saturated carbocycles. The van der Waals surface area contributed by atoms with Crippen LogP contribution in [0.25, 0.3) is 0 Å². The SMILES string of the molecule is CC1CNCCN1C(=O)CSC(F)(F)F.Cl. The van der Waals surface area contributed by atoms with Crippen LogP contribution in [-0.4, -0.2) is 47.7 Å². The molecule has 1 aliphatic rings. The summed E-state index contributed by atoms with van der Waals surface area (Å²) in [6.45, 7) is 3.59. The lowest BCUT2D eigenvalue weighted by Crippen LogP contribution is -2.52. The maximum absolute atomic E-state index is 11.9. The maximum Gasteiger partial charge on any atom is 0.442 e. The number of rotatable bonds is 2. The van der Waals surface area contributed by atoms with E-state index in [9.17, 15) is 18.0 Å². The molecule has 1 unspecified atom stereocenters. The lowest BCUT2D eigenvalue weighted by Gasteiger charge is -2.34. The van der Waals surface area contributed by atoms with E-state index in [-0.39, 0.29) is 30.2 Å². The monoisotopic (exact) mass is 278 g/mol. The van der Waals surface area contributed by atoms with Crippen LogP contribution in [0, 0.1) is 0 Å². The molecular formula is C8H14ClF3N2OS. The molecule has 0 aromatic heterocycles. The largest absolute Gasteiger partial charge is 0.442 e. The van der Waals surface area contributed by atoms with Gasteiger partial charge in [0, 0.05) is 25.7 Å². The van der Waals surface area contributed by atoms with Gasteiger partial charge in [0.2, 0.25) is 5.91 Å². The Balaban J connectivity index is 0.00000225. The summed E-state index contributed by atoms with van der Waals surface area (Å²) in [5.41, 5.74) is -4.33. The molecule has 0 aliphatic carbocycles. The van der Waals surface area contributed by atoms with Gasteiger partial charge in [-0.25, -0.2) is 0 Å². The minimum atomic E-state index is -4.33. The third-order valence-electron chi connectivity index (χ3n) is 2.18. The Morgan fingerprint density at radius 1 is 1.56 bits per heavy atom. The van der Waals surface area contributed by atoms with Crippen molar-refractivity contribution < 1.29 is 18.0 Å². The number of hydrogen-bond acceptors (Lipinski definition) is 3. The molecule has 1 amide bonds. The van der Waals surface area contributed by atoms with Gasteiger partial charge in [0.05, 0.1) is 5.75 Å². The van der Waals surface area contributed by atoms with E-state index in [0.717, 1.165) is 0 Å². The molecule has 8 heteroatoms. The van der Waals surface area contributed by atoms with Crippen molar-refractivity contribution in [2.24, 2.45) is 0 Å². The second-order valence-corrected chi connectivity index (χ2v) is 4.41. The molecule has 1 atom stereocenters. The summed E-state index contributed by atoms with van der Waals surface area (Å²) in [5, 5.41) is 3.07. The topological polar surface area (TPSA) is 32.3 Å². The summed E-state index contributed by atoms with van der Waals surface area (Å²) in [6, 6.07) is -0.0277. The number of carbonyl (C=O) groups is 1. The molecule has 0 radical (unpaired) electrons. The molecule has 1 N–H and O–H groups in total. The molecule has 96 valence electrons. The fraction of sp³-hybridized carbons (Fsp3) is 0.875. The molecule has 0 aromatic carbocycles. The van der Waals surface area contributed by atoms with Crippen LogP contribution in [0.2, 0.25) is 0 Å². The summed E-state index contributed by atoms with van der Waals surface area (Å²) in [4.78, 5) is 12.9. The first-order valence-electron chi connectivity index (χ1n) is 4.61. The van der Waals surface area contributed by atoms with Crippen molar-refractivity contribution in [2.45, 2.75) is 18.5 Å². The zero-order chi connectivity index (χ0) is 11.5. The average Bonchev–Trinajstić information content (AvgIpc) is 2.14. The number of nitrogens with zero attached hydrogens (tertiary/aromatic N) is 1. The van der Waals surface area contributed by atoms with Crippen LogP contribution in [0.3, 0.4) is 0 Å². The standard InChI is InChI=1S/C8H13F3N2OS.ClH/c1-6-4-12-2-3-13(6)7(14)5-15-8(9,10)11;/h6,12H,2-5H2,1H3;1H. The smallest absolute Gasteiger partial charge is 0.337 e. The molecule has 3 nitrogen and oxygen atoms in total. The van der Waals surface area contributed by atoms with Gasteiger partial charge in [-0.05, 0) is 18.7 Å². The van der Waals surface area contributed by atoms with Gasteiger partial charge < -0.3 is 10.2 Å². The lowest BCUT2D eigenvalue weighted by molar-refractivity contribution is -0.131. The Morgan fingerprint density at radius 2 is 2.19 bits per heavy atom. The van der Waals surface area contributed by atoms with Crippen molar-refractivity contribution in [1.82, 2.24) is 10.2 Å². The van der Waals surface area contributed by atoms with Gasteiger partial charge in [-0.1, -0.05) is 0 Å². The number of piperazine rings is 1. The molecule has 0 aromatic rings. The summed E-state index contributed by atoms with van der Waals surface area (Å²) in [7, 11) is 0. The predicted octanol–water partition coefficient (Wildman–Crippen LogP) is 1.48.